The van der Waals surface area contributed by atoms with Gasteiger partial charge in [-0.3, -0.25) is 0 Å². The van der Waals surface area contributed by atoms with Gasteiger partial charge in [-0.15, -0.1) is 0 Å². The normalized spacial score (nSPS) is 10.8. The standard InChI is InChI=1S/C12H10N4O3/c1-8-5-9(19-15-8)7-18-12(17)10-6-14-16-4-2-3-13-11(10)16/h2-6H,7H2,1H3. The first-order valence-electron chi connectivity index (χ1n) is 5.62. The van der Waals surface area contributed by atoms with Crippen molar-refractivity contribution in [2.45, 2.75) is 13.5 Å². The minimum atomic E-state index is -0.497. The van der Waals surface area contributed by atoms with E-state index in [-0.39, 0.29) is 6.61 Å². The lowest BCUT2D eigenvalue weighted by Crippen LogP contribution is -2.05. The number of rotatable bonds is 3. The van der Waals surface area contributed by atoms with Gasteiger partial charge in [-0.2, -0.15) is 5.10 Å². The maximum Gasteiger partial charge on any atom is 0.344 e. The maximum absolute atomic E-state index is 11.9. The van der Waals surface area contributed by atoms with Crippen LogP contribution in [0.1, 0.15) is 21.8 Å². The Morgan fingerprint density at radius 3 is 3.21 bits per heavy atom. The molecule has 0 spiro atoms. The van der Waals surface area contributed by atoms with E-state index in [1.54, 1.807) is 31.5 Å². The second-order valence-electron chi connectivity index (χ2n) is 3.96. The van der Waals surface area contributed by atoms with Gasteiger partial charge in [0.1, 0.15) is 5.56 Å². The van der Waals surface area contributed by atoms with Crippen LogP contribution in [0, 0.1) is 6.92 Å². The molecule has 0 amide bonds. The highest BCUT2D eigenvalue weighted by molar-refractivity contribution is 5.95. The Morgan fingerprint density at radius 2 is 2.42 bits per heavy atom. The van der Waals surface area contributed by atoms with Crippen molar-refractivity contribution in [2.24, 2.45) is 0 Å². The quantitative estimate of drug-likeness (QED) is 0.660. The summed E-state index contributed by atoms with van der Waals surface area (Å²) in [7, 11) is 0. The highest BCUT2D eigenvalue weighted by atomic mass is 16.5. The Balaban J connectivity index is 1.77. The summed E-state index contributed by atoms with van der Waals surface area (Å²) in [6.45, 7) is 1.83. The van der Waals surface area contributed by atoms with E-state index in [0.29, 0.717) is 17.0 Å². The molecular weight excluding hydrogens is 248 g/mol. The minimum Gasteiger partial charge on any atom is -0.454 e. The molecule has 0 bridgehead atoms. The first-order valence-corrected chi connectivity index (χ1v) is 5.62. The van der Waals surface area contributed by atoms with E-state index in [2.05, 4.69) is 15.2 Å². The topological polar surface area (TPSA) is 82.5 Å². The van der Waals surface area contributed by atoms with Crippen molar-refractivity contribution in [1.29, 1.82) is 0 Å². The summed E-state index contributed by atoms with van der Waals surface area (Å²) in [6.07, 6.45) is 4.73. The number of hydrogen-bond donors (Lipinski definition) is 0. The molecule has 0 N–H and O–H groups in total. The predicted molar refractivity (Wildman–Crippen MR) is 63.3 cm³/mol. The molecule has 3 heterocycles. The molecular formula is C12H10N4O3. The van der Waals surface area contributed by atoms with E-state index in [4.69, 9.17) is 9.26 Å². The highest BCUT2D eigenvalue weighted by Crippen LogP contribution is 2.11. The fraction of sp³-hybridized carbons (Fsp3) is 0.167. The van der Waals surface area contributed by atoms with Crippen LogP contribution in [0.25, 0.3) is 5.65 Å². The van der Waals surface area contributed by atoms with Crippen LogP contribution in [-0.4, -0.2) is 25.7 Å². The Kier molecular flexibility index (Phi) is 2.71. The number of fused-ring (bicyclic) bond motifs is 1. The summed E-state index contributed by atoms with van der Waals surface area (Å²) < 4.78 is 11.6. The van der Waals surface area contributed by atoms with Gasteiger partial charge in [-0.1, -0.05) is 5.16 Å². The van der Waals surface area contributed by atoms with Crippen molar-refractivity contribution in [3.05, 3.63) is 47.7 Å². The van der Waals surface area contributed by atoms with Gasteiger partial charge in [0.2, 0.25) is 0 Å². The molecule has 0 aliphatic heterocycles. The van der Waals surface area contributed by atoms with E-state index in [9.17, 15) is 4.79 Å². The lowest BCUT2D eigenvalue weighted by atomic mass is 10.3. The molecule has 0 aromatic carbocycles. The number of ether oxygens (including phenoxy) is 1. The second-order valence-corrected chi connectivity index (χ2v) is 3.96. The van der Waals surface area contributed by atoms with Crippen LogP contribution in [-0.2, 0) is 11.3 Å². The molecule has 0 saturated heterocycles. The van der Waals surface area contributed by atoms with Gasteiger partial charge in [-0.05, 0) is 13.0 Å². The van der Waals surface area contributed by atoms with Gasteiger partial charge in [-0.25, -0.2) is 14.3 Å². The molecule has 7 nitrogen and oxygen atoms in total. The smallest absolute Gasteiger partial charge is 0.344 e. The van der Waals surface area contributed by atoms with Crippen molar-refractivity contribution < 1.29 is 14.1 Å². The molecule has 0 atom stereocenters. The first kappa shape index (κ1) is 11.4. The van der Waals surface area contributed by atoms with Gasteiger partial charge in [0, 0.05) is 18.5 Å². The monoisotopic (exact) mass is 258 g/mol. The van der Waals surface area contributed by atoms with Crippen LogP contribution in [0.5, 0.6) is 0 Å². The van der Waals surface area contributed by atoms with Crippen LogP contribution >= 0.6 is 0 Å². The molecule has 96 valence electrons. The summed E-state index contributed by atoms with van der Waals surface area (Å²) >= 11 is 0. The number of esters is 1. The Morgan fingerprint density at radius 1 is 1.53 bits per heavy atom. The zero-order chi connectivity index (χ0) is 13.2. The average Bonchev–Trinajstić information content (AvgIpc) is 3.02. The van der Waals surface area contributed by atoms with E-state index >= 15 is 0 Å². The SMILES string of the molecule is Cc1cc(COC(=O)c2cnn3cccnc23)on1. The highest BCUT2D eigenvalue weighted by Gasteiger charge is 2.15. The van der Waals surface area contributed by atoms with Crippen LogP contribution in [0.3, 0.4) is 0 Å². The van der Waals surface area contributed by atoms with Crippen molar-refractivity contribution in [3.63, 3.8) is 0 Å². The molecule has 0 saturated carbocycles. The van der Waals surface area contributed by atoms with Crippen molar-refractivity contribution in [3.8, 4) is 0 Å². The van der Waals surface area contributed by atoms with E-state index in [1.807, 2.05) is 0 Å². The van der Waals surface area contributed by atoms with Crippen LogP contribution in [0.2, 0.25) is 0 Å². The van der Waals surface area contributed by atoms with Gasteiger partial charge < -0.3 is 9.26 Å². The van der Waals surface area contributed by atoms with Crippen LogP contribution < -0.4 is 0 Å². The number of nitrogens with zero attached hydrogens (tertiary/aromatic N) is 4. The Hall–Kier alpha value is -2.70. The third-order valence-electron chi connectivity index (χ3n) is 2.52. The van der Waals surface area contributed by atoms with Crippen molar-refractivity contribution in [1.82, 2.24) is 19.8 Å². The zero-order valence-corrected chi connectivity index (χ0v) is 10.1. The lowest BCUT2D eigenvalue weighted by molar-refractivity contribution is 0.0439. The number of carbonyl (C=O) groups excluding carboxylic acids is 1. The summed E-state index contributed by atoms with van der Waals surface area (Å²) in [5.41, 5.74) is 1.52. The van der Waals surface area contributed by atoms with Gasteiger partial charge >= 0.3 is 5.97 Å². The average molecular weight is 258 g/mol. The third kappa shape index (κ3) is 2.17. The molecule has 3 aromatic heterocycles. The molecule has 0 radical (unpaired) electrons. The van der Waals surface area contributed by atoms with Crippen molar-refractivity contribution >= 4 is 11.6 Å². The summed E-state index contributed by atoms with van der Waals surface area (Å²) in [5.74, 6) is -0.00182. The number of aromatic nitrogens is 4. The molecule has 3 aromatic rings. The van der Waals surface area contributed by atoms with Crippen LogP contribution in [0.4, 0.5) is 0 Å². The minimum absolute atomic E-state index is 0.0316. The predicted octanol–water partition coefficient (Wildman–Crippen LogP) is 1.38. The first-order chi connectivity index (χ1) is 9.24. The van der Waals surface area contributed by atoms with E-state index in [1.165, 1.54) is 10.7 Å². The summed E-state index contributed by atoms with van der Waals surface area (Å²) in [5, 5.41) is 7.73. The number of hydrogen-bond acceptors (Lipinski definition) is 6. The summed E-state index contributed by atoms with van der Waals surface area (Å²) in [4.78, 5) is 16.0. The van der Waals surface area contributed by atoms with Crippen LogP contribution in [0.15, 0.2) is 35.2 Å². The van der Waals surface area contributed by atoms with Crippen molar-refractivity contribution in [2.75, 3.05) is 0 Å². The molecule has 19 heavy (non-hydrogen) atoms. The molecule has 0 unspecified atom stereocenters. The van der Waals surface area contributed by atoms with Gasteiger partial charge in [0.25, 0.3) is 0 Å². The van der Waals surface area contributed by atoms with E-state index in [0.717, 1.165) is 5.69 Å². The molecule has 0 fully saturated rings. The van der Waals surface area contributed by atoms with Gasteiger partial charge in [0.15, 0.2) is 18.0 Å². The third-order valence-corrected chi connectivity index (χ3v) is 2.52. The largest absolute Gasteiger partial charge is 0.454 e. The van der Waals surface area contributed by atoms with E-state index < -0.39 is 5.97 Å². The Labute approximate surface area is 107 Å². The molecule has 0 aliphatic rings. The Bertz CT molecular complexity index is 731. The molecule has 3 rings (SSSR count). The fourth-order valence-electron chi connectivity index (χ4n) is 1.67. The fourth-order valence-corrected chi connectivity index (χ4v) is 1.67. The lowest BCUT2D eigenvalue weighted by Gasteiger charge is -2.00. The maximum atomic E-state index is 11.9. The number of carbonyl (C=O) groups is 1. The second kappa shape index (κ2) is 4.52. The number of aryl methyl sites for hydroxylation is 1. The zero-order valence-electron chi connectivity index (χ0n) is 10.1. The summed E-state index contributed by atoms with van der Waals surface area (Å²) in [6, 6.07) is 3.44. The molecule has 7 heteroatoms. The molecule has 0 aliphatic carbocycles. The van der Waals surface area contributed by atoms with Gasteiger partial charge in [0.05, 0.1) is 11.9 Å².